The second kappa shape index (κ2) is 7.41. The molecule has 6 heteroatoms. The summed E-state index contributed by atoms with van der Waals surface area (Å²) in [7, 11) is 0. The molecular formula is C17H22ClF2N3. The molecule has 1 saturated heterocycles. The second-order valence-electron chi connectivity index (χ2n) is 6.14. The van der Waals surface area contributed by atoms with Crippen LogP contribution in [0.2, 0.25) is 0 Å². The van der Waals surface area contributed by atoms with Gasteiger partial charge < -0.3 is 9.88 Å². The van der Waals surface area contributed by atoms with Gasteiger partial charge in [-0.3, -0.25) is 0 Å². The number of hydrogen-bond donors (Lipinski definition) is 1. The van der Waals surface area contributed by atoms with Gasteiger partial charge in [-0.1, -0.05) is 0 Å². The first-order valence-corrected chi connectivity index (χ1v) is 7.81. The molecule has 0 amide bonds. The molecule has 2 aromatic rings. The zero-order valence-corrected chi connectivity index (χ0v) is 14.2. The van der Waals surface area contributed by atoms with E-state index in [1.54, 1.807) is 6.07 Å². The molecule has 0 radical (unpaired) electrons. The van der Waals surface area contributed by atoms with Gasteiger partial charge >= 0.3 is 0 Å². The Morgan fingerprint density at radius 1 is 1.17 bits per heavy atom. The number of rotatable bonds is 3. The Morgan fingerprint density at radius 2 is 1.87 bits per heavy atom. The van der Waals surface area contributed by atoms with Gasteiger partial charge in [-0.2, -0.15) is 0 Å². The summed E-state index contributed by atoms with van der Waals surface area (Å²) in [5.74, 6) is -0.190. The summed E-state index contributed by atoms with van der Waals surface area (Å²) < 4.78 is 28.7. The SMILES string of the molecule is CC(C)n1cc(-c2ccc(F)c(F)c2)nc1C1CCNCC1.Cl. The maximum Gasteiger partial charge on any atom is 0.159 e. The molecule has 1 fully saturated rings. The van der Waals surface area contributed by atoms with Crippen LogP contribution in [0.1, 0.15) is 44.5 Å². The molecule has 3 rings (SSSR count). The van der Waals surface area contributed by atoms with Crippen molar-refractivity contribution in [2.45, 2.75) is 38.6 Å². The Bertz CT molecular complexity index is 664. The number of nitrogens with zero attached hydrogens (tertiary/aromatic N) is 2. The minimum absolute atomic E-state index is 0. The highest BCUT2D eigenvalue weighted by Crippen LogP contribution is 2.30. The van der Waals surface area contributed by atoms with E-state index < -0.39 is 11.6 Å². The van der Waals surface area contributed by atoms with Crippen LogP contribution in [-0.2, 0) is 0 Å². The van der Waals surface area contributed by atoms with E-state index in [0.29, 0.717) is 17.2 Å². The van der Waals surface area contributed by atoms with Crippen LogP contribution in [0.15, 0.2) is 24.4 Å². The minimum atomic E-state index is -0.833. The van der Waals surface area contributed by atoms with Crippen molar-refractivity contribution in [1.82, 2.24) is 14.9 Å². The van der Waals surface area contributed by atoms with Gasteiger partial charge in [0.1, 0.15) is 5.82 Å². The number of piperidine rings is 1. The number of aromatic nitrogens is 2. The molecule has 0 atom stereocenters. The normalized spacial score (nSPS) is 15.7. The second-order valence-corrected chi connectivity index (χ2v) is 6.14. The van der Waals surface area contributed by atoms with Crippen molar-refractivity contribution in [3.05, 3.63) is 41.9 Å². The first kappa shape index (κ1) is 17.9. The molecular weight excluding hydrogens is 320 g/mol. The van der Waals surface area contributed by atoms with Crippen molar-refractivity contribution in [2.75, 3.05) is 13.1 Å². The van der Waals surface area contributed by atoms with Crippen LogP contribution >= 0.6 is 12.4 Å². The van der Waals surface area contributed by atoms with Crippen molar-refractivity contribution < 1.29 is 8.78 Å². The third kappa shape index (κ3) is 3.72. The maximum absolute atomic E-state index is 13.5. The summed E-state index contributed by atoms with van der Waals surface area (Å²) in [6, 6.07) is 4.24. The number of hydrogen-bond acceptors (Lipinski definition) is 2. The number of imidazole rings is 1. The van der Waals surface area contributed by atoms with E-state index in [1.165, 1.54) is 6.07 Å². The summed E-state index contributed by atoms with van der Waals surface area (Å²) in [4.78, 5) is 4.74. The minimum Gasteiger partial charge on any atom is -0.332 e. The standard InChI is InChI=1S/C17H21F2N3.ClH/c1-11(2)22-10-16(13-3-4-14(18)15(19)9-13)21-17(22)12-5-7-20-8-6-12;/h3-4,9-12,20H,5-8H2,1-2H3;1H. The van der Waals surface area contributed by atoms with E-state index >= 15 is 0 Å². The Morgan fingerprint density at radius 3 is 2.48 bits per heavy atom. The summed E-state index contributed by atoms with van der Waals surface area (Å²) in [5, 5.41) is 3.36. The van der Waals surface area contributed by atoms with Crippen LogP contribution in [0, 0.1) is 11.6 Å². The molecule has 1 aromatic carbocycles. The van der Waals surface area contributed by atoms with E-state index in [1.807, 2.05) is 6.20 Å². The Labute approximate surface area is 141 Å². The van der Waals surface area contributed by atoms with Crippen molar-refractivity contribution in [3.8, 4) is 11.3 Å². The summed E-state index contributed by atoms with van der Waals surface area (Å²) >= 11 is 0. The fraction of sp³-hybridized carbons (Fsp3) is 0.471. The average molecular weight is 342 g/mol. The highest BCUT2D eigenvalue weighted by molar-refractivity contribution is 5.85. The molecule has 3 nitrogen and oxygen atoms in total. The number of halogens is 3. The highest BCUT2D eigenvalue weighted by atomic mass is 35.5. The van der Waals surface area contributed by atoms with Crippen LogP contribution in [-0.4, -0.2) is 22.6 Å². The van der Waals surface area contributed by atoms with Gasteiger partial charge in [0, 0.05) is 23.7 Å². The van der Waals surface area contributed by atoms with Gasteiger partial charge in [0.25, 0.3) is 0 Å². The maximum atomic E-state index is 13.5. The molecule has 126 valence electrons. The molecule has 0 bridgehead atoms. The van der Waals surface area contributed by atoms with Gasteiger partial charge in [0.15, 0.2) is 11.6 Å². The Balaban J connectivity index is 0.00000192. The number of benzene rings is 1. The number of nitrogens with one attached hydrogen (secondary N) is 1. The van der Waals surface area contributed by atoms with Gasteiger partial charge in [-0.25, -0.2) is 13.8 Å². The van der Waals surface area contributed by atoms with Gasteiger partial charge in [0.05, 0.1) is 5.69 Å². The van der Waals surface area contributed by atoms with Crippen LogP contribution in [0.3, 0.4) is 0 Å². The topological polar surface area (TPSA) is 29.9 Å². The lowest BCUT2D eigenvalue weighted by atomic mass is 9.97. The first-order chi connectivity index (χ1) is 10.6. The lowest BCUT2D eigenvalue weighted by molar-refractivity contribution is 0.420. The fourth-order valence-electron chi connectivity index (χ4n) is 3.00. The Kier molecular flexibility index (Phi) is 5.76. The molecule has 0 saturated carbocycles. The monoisotopic (exact) mass is 341 g/mol. The zero-order chi connectivity index (χ0) is 15.7. The van der Waals surface area contributed by atoms with E-state index in [9.17, 15) is 8.78 Å². The van der Waals surface area contributed by atoms with Crippen molar-refractivity contribution in [2.24, 2.45) is 0 Å². The smallest absolute Gasteiger partial charge is 0.159 e. The summed E-state index contributed by atoms with van der Waals surface area (Å²) in [5.41, 5.74) is 1.33. The summed E-state index contributed by atoms with van der Waals surface area (Å²) in [6.07, 6.45) is 4.07. The van der Waals surface area contributed by atoms with Crippen LogP contribution < -0.4 is 5.32 Å². The van der Waals surface area contributed by atoms with Gasteiger partial charge in [0.2, 0.25) is 0 Å². The third-order valence-corrected chi connectivity index (χ3v) is 4.24. The zero-order valence-electron chi connectivity index (χ0n) is 13.4. The molecule has 1 aliphatic rings. The molecule has 0 aliphatic carbocycles. The first-order valence-electron chi connectivity index (χ1n) is 7.81. The predicted octanol–water partition coefficient (Wildman–Crippen LogP) is 4.30. The molecule has 1 N–H and O–H groups in total. The van der Waals surface area contributed by atoms with Crippen molar-refractivity contribution in [3.63, 3.8) is 0 Å². The lowest BCUT2D eigenvalue weighted by Crippen LogP contribution is -2.28. The van der Waals surface area contributed by atoms with Gasteiger partial charge in [-0.15, -0.1) is 12.4 Å². The van der Waals surface area contributed by atoms with Crippen molar-refractivity contribution >= 4 is 12.4 Å². The molecule has 1 aromatic heterocycles. The molecule has 1 aliphatic heterocycles. The lowest BCUT2D eigenvalue weighted by Gasteiger charge is -2.24. The van der Waals surface area contributed by atoms with Crippen LogP contribution in [0.25, 0.3) is 11.3 Å². The highest BCUT2D eigenvalue weighted by Gasteiger charge is 2.23. The van der Waals surface area contributed by atoms with E-state index in [2.05, 4.69) is 23.7 Å². The average Bonchev–Trinajstić information content (AvgIpc) is 2.96. The van der Waals surface area contributed by atoms with Crippen molar-refractivity contribution in [1.29, 1.82) is 0 Å². The quantitative estimate of drug-likeness (QED) is 0.902. The van der Waals surface area contributed by atoms with Gasteiger partial charge in [-0.05, 0) is 58.0 Å². The Hall–Kier alpha value is -1.46. The predicted molar refractivity (Wildman–Crippen MR) is 90.1 cm³/mol. The van der Waals surface area contributed by atoms with E-state index in [0.717, 1.165) is 37.8 Å². The molecule has 2 heterocycles. The molecule has 23 heavy (non-hydrogen) atoms. The van der Waals surface area contributed by atoms with E-state index in [4.69, 9.17) is 4.98 Å². The largest absolute Gasteiger partial charge is 0.332 e. The fourth-order valence-corrected chi connectivity index (χ4v) is 3.00. The molecule has 0 unspecified atom stereocenters. The summed E-state index contributed by atoms with van der Waals surface area (Å²) in [6.45, 7) is 6.22. The molecule has 0 spiro atoms. The van der Waals surface area contributed by atoms with Crippen LogP contribution in [0.4, 0.5) is 8.78 Å². The van der Waals surface area contributed by atoms with E-state index in [-0.39, 0.29) is 18.4 Å². The van der Waals surface area contributed by atoms with Crippen LogP contribution in [0.5, 0.6) is 0 Å². The third-order valence-electron chi connectivity index (χ3n) is 4.24.